The Labute approximate surface area is 137 Å². The number of rotatable bonds is 8. The van der Waals surface area contributed by atoms with Crippen molar-refractivity contribution in [1.82, 2.24) is 14.9 Å². The molecule has 0 radical (unpaired) electrons. The molecule has 2 rings (SSSR count). The Morgan fingerprint density at radius 3 is 2.78 bits per heavy atom. The number of imidazole rings is 1. The Kier molecular flexibility index (Phi) is 6.35. The smallest absolute Gasteiger partial charge is 0.237 e. The van der Waals surface area contributed by atoms with E-state index in [1.54, 1.807) is 6.20 Å². The van der Waals surface area contributed by atoms with Crippen molar-refractivity contribution >= 4 is 5.91 Å². The molecule has 0 aliphatic rings. The average molecular weight is 314 g/mol. The monoisotopic (exact) mass is 314 g/mol. The van der Waals surface area contributed by atoms with Crippen LogP contribution in [0.1, 0.15) is 31.7 Å². The molecule has 0 spiro atoms. The molecule has 1 heterocycles. The van der Waals surface area contributed by atoms with Gasteiger partial charge in [0.05, 0.1) is 12.6 Å². The van der Waals surface area contributed by atoms with Gasteiger partial charge in [0.15, 0.2) is 0 Å². The molecule has 0 saturated heterocycles. The van der Waals surface area contributed by atoms with Gasteiger partial charge in [-0.15, -0.1) is 0 Å². The van der Waals surface area contributed by atoms with E-state index < -0.39 is 6.04 Å². The van der Waals surface area contributed by atoms with Gasteiger partial charge in [-0.25, -0.2) is 4.98 Å². The van der Waals surface area contributed by atoms with Crippen LogP contribution in [0.3, 0.4) is 0 Å². The van der Waals surface area contributed by atoms with Gasteiger partial charge in [-0.3, -0.25) is 4.79 Å². The minimum atomic E-state index is -0.465. The van der Waals surface area contributed by atoms with E-state index >= 15 is 0 Å². The quantitative estimate of drug-likeness (QED) is 0.784. The van der Waals surface area contributed by atoms with Gasteiger partial charge in [0.1, 0.15) is 5.82 Å². The largest absolute Gasteiger partial charge is 0.348 e. The van der Waals surface area contributed by atoms with Crippen LogP contribution in [0.5, 0.6) is 0 Å². The Morgan fingerprint density at radius 2 is 2.09 bits per heavy atom. The second kappa shape index (κ2) is 8.48. The van der Waals surface area contributed by atoms with E-state index in [4.69, 9.17) is 5.73 Å². The molecular formula is C18H26N4O. The first-order valence-electron chi connectivity index (χ1n) is 8.19. The van der Waals surface area contributed by atoms with Crippen LogP contribution in [0.15, 0.2) is 42.7 Å². The van der Waals surface area contributed by atoms with Crippen LogP contribution in [0.2, 0.25) is 0 Å². The number of nitrogens with two attached hydrogens (primary N) is 1. The molecule has 1 amide bonds. The van der Waals surface area contributed by atoms with Crippen LogP contribution in [0.4, 0.5) is 0 Å². The summed E-state index contributed by atoms with van der Waals surface area (Å²) >= 11 is 0. The maximum absolute atomic E-state index is 12.1. The number of hydrogen-bond donors (Lipinski definition) is 2. The van der Waals surface area contributed by atoms with Crippen molar-refractivity contribution < 1.29 is 4.79 Å². The molecule has 23 heavy (non-hydrogen) atoms. The van der Waals surface area contributed by atoms with Gasteiger partial charge < -0.3 is 15.6 Å². The molecule has 1 aromatic heterocycles. The van der Waals surface area contributed by atoms with Gasteiger partial charge in [0.2, 0.25) is 5.91 Å². The van der Waals surface area contributed by atoms with Gasteiger partial charge in [-0.1, -0.05) is 50.6 Å². The van der Waals surface area contributed by atoms with Crippen molar-refractivity contribution in [2.45, 2.75) is 45.8 Å². The minimum Gasteiger partial charge on any atom is -0.348 e. The van der Waals surface area contributed by atoms with E-state index in [0.717, 1.165) is 25.2 Å². The fraction of sp³-hybridized carbons (Fsp3) is 0.444. The molecule has 3 N–H and O–H groups in total. The summed E-state index contributed by atoms with van der Waals surface area (Å²) in [6, 6.07) is 9.86. The highest BCUT2D eigenvalue weighted by Gasteiger charge is 2.19. The molecule has 5 nitrogen and oxygen atoms in total. The lowest BCUT2D eigenvalue weighted by atomic mass is 9.99. The molecule has 0 aliphatic heterocycles. The molecule has 5 heteroatoms. The van der Waals surface area contributed by atoms with Gasteiger partial charge in [0, 0.05) is 18.9 Å². The third kappa shape index (κ3) is 4.93. The molecule has 0 aliphatic carbocycles. The standard InChI is InChI=1S/C18H26N4O/c1-3-14(2)17(19)18(23)21-13-16-20-10-12-22(16)11-9-15-7-5-4-6-8-15/h4-8,10,12,14,17H,3,9,11,13,19H2,1-2H3,(H,21,23). The highest BCUT2D eigenvalue weighted by Crippen LogP contribution is 2.07. The van der Waals surface area contributed by atoms with Crippen LogP contribution >= 0.6 is 0 Å². The summed E-state index contributed by atoms with van der Waals surface area (Å²) in [7, 11) is 0. The molecule has 1 aromatic carbocycles. The number of amides is 1. The highest BCUT2D eigenvalue weighted by atomic mass is 16.2. The fourth-order valence-corrected chi connectivity index (χ4v) is 2.40. The Morgan fingerprint density at radius 1 is 1.35 bits per heavy atom. The highest BCUT2D eigenvalue weighted by molar-refractivity contribution is 5.81. The predicted octanol–water partition coefficient (Wildman–Crippen LogP) is 2.12. The van der Waals surface area contributed by atoms with Crippen LogP contribution in [0.25, 0.3) is 0 Å². The SMILES string of the molecule is CCC(C)C(N)C(=O)NCc1nccn1CCc1ccccc1. The molecular weight excluding hydrogens is 288 g/mol. The fourth-order valence-electron chi connectivity index (χ4n) is 2.40. The van der Waals surface area contributed by atoms with Gasteiger partial charge in [-0.2, -0.15) is 0 Å². The van der Waals surface area contributed by atoms with Crippen molar-refractivity contribution in [2.75, 3.05) is 0 Å². The number of carbonyl (C=O) groups excluding carboxylic acids is 1. The zero-order valence-electron chi connectivity index (χ0n) is 13.9. The van der Waals surface area contributed by atoms with Gasteiger partial charge >= 0.3 is 0 Å². The molecule has 124 valence electrons. The summed E-state index contributed by atoms with van der Waals surface area (Å²) in [4.78, 5) is 16.4. The van der Waals surface area contributed by atoms with Crippen LogP contribution < -0.4 is 11.1 Å². The lowest BCUT2D eigenvalue weighted by molar-refractivity contribution is -0.123. The number of aryl methyl sites for hydroxylation is 2. The molecule has 0 bridgehead atoms. The number of benzene rings is 1. The lowest BCUT2D eigenvalue weighted by Gasteiger charge is -2.17. The van der Waals surface area contributed by atoms with E-state index in [1.165, 1.54) is 5.56 Å². The number of carbonyl (C=O) groups is 1. The van der Waals surface area contributed by atoms with Crippen molar-refractivity contribution in [1.29, 1.82) is 0 Å². The maximum Gasteiger partial charge on any atom is 0.237 e. The Balaban J connectivity index is 1.87. The molecule has 2 atom stereocenters. The van der Waals surface area contributed by atoms with Crippen molar-refractivity contribution in [3.05, 3.63) is 54.1 Å². The first kappa shape index (κ1) is 17.2. The number of aromatic nitrogens is 2. The second-order valence-corrected chi connectivity index (χ2v) is 5.90. The van der Waals surface area contributed by atoms with E-state index in [0.29, 0.717) is 6.54 Å². The molecule has 2 unspecified atom stereocenters. The number of nitrogens with zero attached hydrogens (tertiary/aromatic N) is 2. The summed E-state index contributed by atoms with van der Waals surface area (Å²) in [6.07, 6.45) is 5.53. The molecule has 2 aromatic rings. The summed E-state index contributed by atoms with van der Waals surface area (Å²) in [5, 5.41) is 2.89. The second-order valence-electron chi connectivity index (χ2n) is 5.90. The summed E-state index contributed by atoms with van der Waals surface area (Å²) in [5.41, 5.74) is 7.23. The first-order chi connectivity index (χ1) is 11.1. The average Bonchev–Trinajstić information content (AvgIpc) is 3.04. The minimum absolute atomic E-state index is 0.114. The topological polar surface area (TPSA) is 72.9 Å². The number of nitrogens with one attached hydrogen (secondary N) is 1. The summed E-state index contributed by atoms with van der Waals surface area (Å²) in [5.74, 6) is 0.912. The van der Waals surface area contributed by atoms with Gasteiger partial charge in [-0.05, 0) is 17.9 Å². The van der Waals surface area contributed by atoms with Crippen LogP contribution in [0, 0.1) is 5.92 Å². The Hall–Kier alpha value is -2.14. The van der Waals surface area contributed by atoms with Crippen molar-refractivity contribution in [3.63, 3.8) is 0 Å². The molecule has 0 fully saturated rings. The van der Waals surface area contributed by atoms with Crippen molar-refractivity contribution in [2.24, 2.45) is 11.7 Å². The normalized spacial score (nSPS) is 13.5. The number of hydrogen-bond acceptors (Lipinski definition) is 3. The maximum atomic E-state index is 12.1. The first-order valence-corrected chi connectivity index (χ1v) is 8.19. The summed E-state index contributed by atoms with van der Waals surface area (Å²) < 4.78 is 2.07. The van der Waals surface area contributed by atoms with Crippen LogP contribution in [-0.4, -0.2) is 21.5 Å². The van der Waals surface area contributed by atoms with Crippen LogP contribution in [-0.2, 0) is 24.3 Å². The summed E-state index contributed by atoms with van der Waals surface area (Å²) in [6.45, 7) is 5.27. The third-order valence-electron chi connectivity index (χ3n) is 4.27. The van der Waals surface area contributed by atoms with E-state index in [9.17, 15) is 4.79 Å². The van der Waals surface area contributed by atoms with E-state index in [2.05, 4.69) is 27.0 Å². The van der Waals surface area contributed by atoms with E-state index in [1.807, 2.05) is 38.2 Å². The zero-order chi connectivity index (χ0) is 16.7. The third-order valence-corrected chi connectivity index (χ3v) is 4.27. The van der Waals surface area contributed by atoms with Crippen molar-refractivity contribution in [3.8, 4) is 0 Å². The lowest BCUT2D eigenvalue weighted by Crippen LogP contribution is -2.44. The Bertz CT molecular complexity index is 608. The molecule has 0 saturated carbocycles. The zero-order valence-corrected chi connectivity index (χ0v) is 13.9. The van der Waals surface area contributed by atoms with Gasteiger partial charge in [0.25, 0.3) is 0 Å². The predicted molar refractivity (Wildman–Crippen MR) is 91.7 cm³/mol. The van der Waals surface area contributed by atoms with E-state index in [-0.39, 0.29) is 11.8 Å².